The van der Waals surface area contributed by atoms with E-state index in [1.807, 2.05) is 6.07 Å². The Morgan fingerprint density at radius 3 is 2.28 bits per heavy atom. The van der Waals surface area contributed by atoms with Crippen LogP contribution < -0.4 is 10.5 Å². The smallest absolute Gasteiger partial charge is 0.374 e. The molecule has 0 saturated carbocycles. The van der Waals surface area contributed by atoms with Gasteiger partial charge < -0.3 is 19.9 Å². The molecule has 1 aliphatic heterocycles. The van der Waals surface area contributed by atoms with Crippen LogP contribution in [0.5, 0.6) is 5.75 Å². The number of allylic oxidation sites excluding steroid dienone is 2. The lowest BCUT2D eigenvalue weighted by atomic mass is 9.79. The number of rotatable bonds is 5. The van der Waals surface area contributed by atoms with Gasteiger partial charge in [0.2, 0.25) is 11.6 Å². The summed E-state index contributed by atoms with van der Waals surface area (Å²) in [6, 6.07) is 17.2. The molecule has 0 aliphatic carbocycles. The van der Waals surface area contributed by atoms with E-state index in [-0.39, 0.29) is 22.8 Å². The molecule has 0 aromatic heterocycles. The first-order chi connectivity index (χ1) is 14.0. The molecular weight excluding hydrogens is 372 g/mol. The number of hydrogen-bond acceptors (Lipinski definition) is 7. The zero-order valence-corrected chi connectivity index (χ0v) is 15.8. The molecule has 0 amide bonds. The van der Waals surface area contributed by atoms with E-state index in [0.29, 0.717) is 16.9 Å². The molecule has 2 N–H and O–H groups in total. The van der Waals surface area contributed by atoms with E-state index in [1.165, 1.54) is 14.2 Å². The molecule has 0 radical (unpaired) electrons. The maximum Gasteiger partial charge on any atom is 0.374 e. The summed E-state index contributed by atoms with van der Waals surface area (Å²) in [6.07, 6.45) is 0. The predicted molar refractivity (Wildman–Crippen MR) is 103 cm³/mol. The van der Waals surface area contributed by atoms with Gasteiger partial charge in [-0.1, -0.05) is 30.3 Å². The largest absolute Gasteiger partial charge is 0.497 e. The molecule has 1 heterocycles. The van der Waals surface area contributed by atoms with Crippen molar-refractivity contribution in [3.63, 3.8) is 0 Å². The number of benzene rings is 2. The van der Waals surface area contributed by atoms with Gasteiger partial charge in [0, 0.05) is 5.56 Å². The molecule has 0 spiro atoms. The Morgan fingerprint density at radius 1 is 1.07 bits per heavy atom. The van der Waals surface area contributed by atoms with Crippen molar-refractivity contribution >= 4 is 11.8 Å². The third-order valence-electron chi connectivity index (χ3n) is 4.52. The quantitative estimate of drug-likeness (QED) is 0.617. The maximum absolute atomic E-state index is 13.4. The number of nitrogens with zero attached hydrogens (tertiary/aromatic N) is 1. The first-order valence-electron chi connectivity index (χ1n) is 8.65. The molecule has 1 atom stereocenters. The molecular formula is C22H18N2O5. The van der Waals surface area contributed by atoms with E-state index in [0.717, 1.165) is 0 Å². The van der Waals surface area contributed by atoms with Gasteiger partial charge in [0.05, 0.1) is 25.7 Å². The predicted octanol–water partition coefficient (Wildman–Crippen LogP) is 2.81. The van der Waals surface area contributed by atoms with Crippen LogP contribution in [-0.4, -0.2) is 26.0 Å². The molecule has 146 valence electrons. The number of nitrogens with two attached hydrogens (primary N) is 1. The summed E-state index contributed by atoms with van der Waals surface area (Å²) >= 11 is 0. The van der Waals surface area contributed by atoms with E-state index >= 15 is 0 Å². The average molecular weight is 390 g/mol. The molecule has 0 saturated heterocycles. The van der Waals surface area contributed by atoms with Crippen molar-refractivity contribution in [1.29, 1.82) is 5.26 Å². The Balaban J connectivity index is 2.23. The van der Waals surface area contributed by atoms with Gasteiger partial charge in [-0.15, -0.1) is 0 Å². The standard InChI is InChI=1S/C22H18N2O5/c1-27-15-10-8-14(9-11-15)19(25)18-17(13-6-4-3-5-7-13)16(12-23)21(24)29-20(18)22(26)28-2/h3-11,17H,24H2,1-2H3/t17-/m0/s1. The number of esters is 1. The molecule has 2 aromatic rings. The van der Waals surface area contributed by atoms with Crippen LogP contribution in [0.1, 0.15) is 21.8 Å². The van der Waals surface area contributed by atoms with Gasteiger partial charge in [0.15, 0.2) is 5.78 Å². The van der Waals surface area contributed by atoms with Gasteiger partial charge in [-0.3, -0.25) is 4.79 Å². The number of carbonyl (C=O) groups excluding carboxylic acids is 2. The Kier molecular flexibility index (Phi) is 5.65. The summed E-state index contributed by atoms with van der Waals surface area (Å²) < 4.78 is 15.3. The van der Waals surface area contributed by atoms with E-state index in [2.05, 4.69) is 0 Å². The molecule has 0 unspecified atom stereocenters. The number of ketones is 1. The van der Waals surface area contributed by atoms with Crippen LogP contribution in [0.15, 0.2) is 77.4 Å². The second-order valence-electron chi connectivity index (χ2n) is 6.13. The first-order valence-corrected chi connectivity index (χ1v) is 8.65. The van der Waals surface area contributed by atoms with Crippen molar-refractivity contribution in [2.45, 2.75) is 5.92 Å². The highest BCUT2D eigenvalue weighted by atomic mass is 16.6. The summed E-state index contributed by atoms with van der Waals surface area (Å²) in [4.78, 5) is 25.8. The Labute approximate surface area is 167 Å². The van der Waals surface area contributed by atoms with Crippen LogP contribution in [0.2, 0.25) is 0 Å². The maximum atomic E-state index is 13.4. The Bertz CT molecular complexity index is 1050. The minimum absolute atomic E-state index is 0.0148. The topological polar surface area (TPSA) is 112 Å². The molecule has 7 nitrogen and oxygen atoms in total. The summed E-state index contributed by atoms with van der Waals surface area (Å²) in [5, 5.41) is 9.68. The minimum atomic E-state index is -0.876. The zero-order valence-electron chi connectivity index (χ0n) is 15.8. The fourth-order valence-electron chi connectivity index (χ4n) is 3.11. The van der Waals surface area contributed by atoms with Crippen molar-refractivity contribution in [3.8, 4) is 11.8 Å². The second-order valence-corrected chi connectivity index (χ2v) is 6.13. The van der Waals surface area contributed by atoms with E-state index in [9.17, 15) is 14.9 Å². The van der Waals surface area contributed by atoms with Gasteiger partial charge in [0.25, 0.3) is 0 Å². The minimum Gasteiger partial charge on any atom is -0.497 e. The lowest BCUT2D eigenvalue weighted by Gasteiger charge is -2.27. The fraction of sp³-hybridized carbons (Fsp3) is 0.136. The number of hydrogen-bond donors (Lipinski definition) is 1. The monoisotopic (exact) mass is 390 g/mol. The summed E-state index contributed by atoms with van der Waals surface area (Å²) in [6.45, 7) is 0. The van der Waals surface area contributed by atoms with Crippen molar-refractivity contribution in [2.75, 3.05) is 14.2 Å². The molecule has 29 heavy (non-hydrogen) atoms. The summed E-state index contributed by atoms with van der Waals surface area (Å²) in [7, 11) is 2.69. The van der Waals surface area contributed by atoms with Gasteiger partial charge >= 0.3 is 5.97 Å². The van der Waals surface area contributed by atoms with E-state index in [1.54, 1.807) is 54.6 Å². The lowest BCUT2D eigenvalue weighted by molar-refractivity contribution is -0.139. The van der Waals surface area contributed by atoms with E-state index in [4.69, 9.17) is 19.9 Å². The van der Waals surface area contributed by atoms with Crippen molar-refractivity contribution < 1.29 is 23.8 Å². The van der Waals surface area contributed by atoms with Gasteiger partial charge in [-0.2, -0.15) is 5.26 Å². The van der Waals surface area contributed by atoms with Crippen molar-refractivity contribution in [3.05, 3.63) is 88.5 Å². The zero-order chi connectivity index (χ0) is 21.0. The van der Waals surface area contributed by atoms with Crippen molar-refractivity contribution in [1.82, 2.24) is 0 Å². The highest BCUT2D eigenvalue weighted by molar-refractivity contribution is 6.14. The molecule has 0 fully saturated rings. The number of methoxy groups -OCH3 is 2. The highest BCUT2D eigenvalue weighted by Gasteiger charge is 2.39. The fourth-order valence-corrected chi connectivity index (χ4v) is 3.11. The third kappa shape index (κ3) is 3.69. The second kappa shape index (κ2) is 8.31. The van der Waals surface area contributed by atoms with Crippen LogP contribution in [-0.2, 0) is 14.3 Å². The van der Waals surface area contributed by atoms with Crippen molar-refractivity contribution in [2.24, 2.45) is 5.73 Å². The summed E-state index contributed by atoms with van der Waals surface area (Å²) in [5.41, 5.74) is 6.85. The van der Waals surface area contributed by atoms with Gasteiger partial charge in [0.1, 0.15) is 17.4 Å². The van der Waals surface area contributed by atoms with Gasteiger partial charge in [-0.05, 0) is 29.8 Å². The SMILES string of the molecule is COC(=O)C1=C(C(=O)c2ccc(OC)cc2)[C@@H](c2ccccc2)C(C#N)=C(N)O1. The Hall–Kier alpha value is -4.05. The van der Waals surface area contributed by atoms with E-state index < -0.39 is 17.7 Å². The highest BCUT2D eigenvalue weighted by Crippen LogP contribution is 2.40. The normalized spacial score (nSPS) is 16.0. The number of ether oxygens (including phenoxy) is 3. The molecule has 7 heteroatoms. The molecule has 2 aromatic carbocycles. The number of nitriles is 1. The first kappa shape index (κ1) is 19.7. The Morgan fingerprint density at radius 2 is 1.72 bits per heavy atom. The lowest BCUT2D eigenvalue weighted by Crippen LogP contribution is -2.28. The van der Waals surface area contributed by atoms with Crippen LogP contribution in [0.25, 0.3) is 0 Å². The molecule has 0 bridgehead atoms. The molecule has 1 aliphatic rings. The average Bonchev–Trinajstić information content (AvgIpc) is 2.77. The van der Waals surface area contributed by atoms with Crippen LogP contribution in [0.4, 0.5) is 0 Å². The molecule has 3 rings (SSSR count). The van der Waals surface area contributed by atoms with Gasteiger partial charge in [-0.25, -0.2) is 4.79 Å². The third-order valence-corrected chi connectivity index (χ3v) is 4.52. The summed E-state index contributed by atoms with van der Waals surface area (Å²) in [5.74, 6) is -2.22. The van der Waals surface area contributed by atoms with Crippen LogP contribution in [0.3, 0.4) is 0 Å². The van der Waals surface area contributed by atoms with Crippen LogP contribution >= 0.6 is 0 Å². The van der Waals surface area contributed by atoms with Crippen LogP contribution in [0, 0.1) is 11.3 Å². The number of carbonyl (C=O) groups is 2. The number of Topliss-reactive ketones (excluding diaryl/α,β-unsaturated/α-hetero) is 1.